The third kappa shape index (κ3) is 1.39. The number of rotatable bonds is 0. The summed E-state index contributed by atoms with van der Waals surface area (Å²) < 4.78 is 12.0. The second kappa shape index (κ2) is 3.48. The van der Waals surface area contributed by atoms with Crippen LogP contribution in [-0.2, 0) is 9.47 Å². The fraction of sp³-hybridized carbons (Fsp3) is 0.467. The molecule has 0 amide bonds. The second-order valence-corrected chi connectivity index (χ2v) is 5.79. The number of hydrogen-bond acceptors (Lipinski definition) is 4. The van der Waals surface area contributed by atoms with Crippen molar-refractivity contribution < 1.29 is 9.47 Å². The lowest BCUT2D eigenvalue weighted by atomic mass is 9.99. The molecule has 4 nitrogen and oxygen atoms in total. The van der Waals surface area contributed by atoms with Gasteiger partial charge >= 0.3 is 0 Å². The highest BCUT2D eigenvalue weighted by Crippen LogP contribution is 2.49. The van der Waals surface area contributed by atoms with Crippen LogP contribution in [0.2, 0.25) is 0 Å². The smallest absolute Gasteiger partial charge is 0.163 e. The Balaban J connectivity index is 1.81. The van der Waals surface area contributed by atoms with Gasteiger partial charge in [0.15, 0.2) is 5.79 Å². The van der Waals surface area contributed by atoms with Crippen molar-refractivity contribution in [1.29, 1.82) is 5.41 Å². The summed E-state index contributed by atoms with van der Waals surface area (Å²) in [5.74, 6) is 2.10. The Hall–Kier alpha value is -1.61. The van der Waals surface area contributed by atoms with Crippen LogP contribution in [0.25, 0.3) is 5.57 Å². The van der Waals surface area contributed by atoms with Crippen LogP contribution in [0.1, 0.15) is 19.4 Å². The lowest BCUT2D eigenvalue weighted by Gasteiger charge is -2.25. The number of fused-ring (bicyclic) bond motifs is 5. The number of anilines is 1. The van der Waals surface area contributed by atoms with Gasteiger partial charge in [-0.05, 0) is 25.8 Å². The first kappa shape index (κ1) is 11.2. The fourth-order valence-corrected chi connectivity index (χ4v) is 3.58. The topological polar surface area (TPSA) is 45.5 Å². The zero-order chi connectivity index (χ0) is 13.2. The summed E-state index contributed by atoms with van der Waals surface area (Å²) in [7, 11) is 0. The minimum Gasteiger partial charge on any atom is -0.358 e. The first-order valence-corrected chi connectivity index (χ1v) is 6.62. The first-order chi connectivity index (χ1) is 9.11. The maximum absolute atomic E-state index is 7.62. The monoisotopic (exact) mass is 256 g/mol. The van der Waals surface area contributed by atoms with E-state index < -0.39 is 5.79 Å². The van der Waals surface area contributed by atoms with Gasteiger partial charge in [-0.25, -0.2) is 0 Å². The van der Waals surface area contributed by atoms with Crippen LogP contribution < -0.4 is 4.90 Å². The predicted molar refractivity (Wildman–Crippen MR) is 72.5 cm³/mol. The summed E-state index contributed by atoms with van der Waals surface area (Å²) in [6.07, 6.45) is 0.0759. The van der Waals surface area contributed by atoms with Crippen LogP contribution in [0.4, 0.5) is 5.69 Å². The molecule has 98 valence electrons. The molecule has 0 aromatic heterocycles. The molecule has 4 heteroatoms. The molecule has 1 N–H and O–H groups in total. The van der Waals surface area contributed by atoms with Gasteiger partial charge in [-0.3, -0.25) is 5.41 Å². The predicted octanol–water partition coefficient (Wildman–Crippen LogP) is 2.04. The van der Waals surface area contributed by atoms with E-state index in [1.165, 1.54) is 5.69 Å². The molecule has 0 unspecified atom stereocenters. The lowest BCUT2D eigenvalue weighted by Crippen LogP contribution is -2.35. The Bertz CT molecular complexity index is 604. The largest absolute Gasteiger partial charge is 0.358 e. The van der Waals surface area contributed by atoms with E-state index in [-0.39, 0.29) is 18.2 Å². The molecule has 2 fully saturated rings. The van der Waals surface area contributed by atoms with Gasteiger partial charge in [-0.2, -0.15) is 0 Å². The van der Waals surface area contributed by atoms with Crippen LogP contribution in [0.5, 0.6) is 0 Å². The molecular formula is C15H16N2O2. The van der Waals surface area contributed by atoms with Crippen molar-refractivity contribution in [3.8, 4) is 0 Å². The van der Waals surface area contributed by atoms with Gasteiger partial charge in [0.2, 0.25) is 0 Å². The van der Waals surface area contributed by atoms with E-state index >= 15 is 0 Å². The van der Waals surface area contributed by atoms with Crippen molar-refractivity contribution in [2.24, 2.45) is 0 Å². The minimum absolute atomic E-state index is 0.00440. The normalized spacial score (nSPS) is 33.9. The zero-order valence-corrected chi connectivity index (χ0v) is 11.0. The molecule has 0 aliphatic carbocycles. The highest BCUT2D eigenvalue weighted by atomic mass is 16.8. The molecule has 0 bridgehead atoms. The van der Waals surface area contributed by atoms with E-state index in [0.29, 0.717) is 0 Å². The number of ether oxygens (including phenoxy) is 2. The Morgan fingerprint density at radius 3 is 2.89 bits per heavy atom. The molecule has 3 heterocycles. The average Bonchev–Trinajstić information content (AvgIpc) is 2.94. The number of nitrogens with one attached hydrogen (secondary N) is 1. The third-order valence-electron chi connectivity index (χ3n) is 4.18. The zero-order valence-electron chi connectivity index (χ0n) is 11.0. The van der Waals surface area contributed by atoms with E-state index in [0.717, 1.165) is 17.7 Å². The number of nitrogens with zero attached hydrogens (tertiary/aromatic N) is 1. The van der Waals surface area contributed by atoms with Crippen LogP contribution in [0.15, 0.2) is 24.3 Å². The number of para-hydroxylation sites is 1. The van der Waals surface area contributed by atoms with E-state index in [4.69, 9.17) is 14.9 Å². The first-order valence-electron chi connectivity index (χ1n) is 6.62. The van der Waals surface area contributed by atoms with Gasteiger partial charge in [0, 0.05) is 23.4 Å². The minimum atomic E-state index is -0.524. The van der Waals surface area contributed by atoms with Crippen molar-refractivity contribution >= 4 is 17.1 Å². The van der Waals surface area contributed by atoms with Crippen LogP contribution in [0, 0.1) is 5.41 Å². The van der Waals surface area contributed by atoms with Crippen molar-refractivity contribution in [2.75, 3.05) is 11.4 Å². The Morgan fingerprint density at radius 1 is 1.32 bits per heavy atom. The standard InChI is InChI=1S/C15H16N2O2/c1-15(2)18-12-8-17-11-6-4-3-5-9(11)10(7-16)13(17)14(12)19-15/h3-6,12-14,16H,8H2,1-2H3/t12-,13-,14-/m0/s1. The quantitative estimate of drug-likeness (QED) is 0.722. The maximum Gasteiger partial charge on any atom is 0.163 e. The molecule has 1 aromatic carbocycles. The Labute approximate surface area is 112 Å². The van der Waals surface area contributed by atoms with Crippen LogP contribution in [0.3, 0.4) is 0 Å². The molecule has 4 rings (SSSR count). The SMILES string of the molecule is CC1(C)O[C@H]2[C@H](CN3c4ccccc4C(=C=N)[C@@H]23)O1. The average molecular weight is 256 g/mol. The van der Waals surface area contributed by atoms with Crippen LogP contribution >= 0.6 is 0 Å². The number of hydrogen-bond donors (Lipinski definition) is 1. The van der Waals surface area contributed by atoms with Crippen molar-refractivity contribution in [3.05, 3.63) is 29.8 Å². The second-order valence-electron chi connectivity index (χ2n) is 5.79. The molecule has 3 aliphatic rings. The van der Waals surface area contributed by atoms with Crippen LogP contribution in [-0.4, -0.2) is 36.5 Å². The summed E-state index contributed by atoms with van der Waals surface area (Å²) in [5, 5.41) is 7.62. The van der Waals surface area contributed by atoms with E-state index in [1.807, 2.05) is 26.0 Å². The van der Waals surface area contributed by atoms with E-state index in [2.05, 4.69) is 22.9 Å². The molecular weight excluding hydrogens is 240 g/mol. The van der Waals surface area contributed by atoms with Crippen molar-refractivity contribution in [3.63, 3.8) is 0 Å². The molecule has 1 aromatic rings. The number of benzene rings is 1. The third-order valence-corrected chi connectivity index (χ3v) is 4.18. The maximum atomic E-state index is 7.62. The summed E-state index contributed by atoms with van der Waals surface area (Å²) >= 11 is 0. The fourth-order valence-electron chi connectivity index (χ4n) is 3.58. The van der Waals surface area contributed by atoms with Gasteiger partial charge in [-0.1, -0.05) is 18.2 Å². The molecule has 19 heavy (non-hydrogen) atoms. The molecule has 0 saturated carbocycles. The van der Waals surface area contributed by atoms with E-state index in [9.17, 15) is 0 Å². The molecule has 0 spiro atoms. The molecule has 0 radical (unpaired) electrons. The van der Waals surface area contributed by atoms with Gasteiger partial charge in [0.25, 0.3) is 0 Å². The summed E-state index contributed by atoms with van der Waals surface area (Å²) in [6, 6.07) is 8.26. The van der Waals surface area contributed by atoms with Crippen molar-refractivity contribution in [2.45, 2.75) is 37.9 Å². The van der Waals surface area contributed by atoms with E-state index in [1.54, 1.807) is 0 Å². The highest BCUT2D eigenvalue weighted by Gasteiger charge is 2.56. The molecule has 3 aliphatic heterocycles. The van der Waals surface area contributed by atoms with Gasteiger partial charge < -0.3 is 14.4 Å². The van der Waals surface area contributed by atoms with Gasteiger partial charge in [0.05, 0.1) is 6.04 Å². The van der Waals surface area contributed by atoms with Crippen molar-refractivity contribution in [1.82, 2.24) is 0 Å². The highest BCUT2D eigenvalue weighted by molar-refractivity contribution is 6.01. The summed E-state index contributed by atoms with van der Waals surface area (Å²) in [4.78, 5) is 2.29. The van der Waals surface area contributed by atoms with Gasteiger partial charge in [0.1, 0.15) is 12.2 Å². The molecule has 3 atom stereocenters. The lowest BCUT2D eigenvalue weighted by molar-refractivity contribution is -0.149. The Kier molecular flexibility index (Phi) is 2.06. The summed E-state index contributed by atoms with van der Waals surface area (Å²) in [6.45, 7) is 4.72. The summed E-state index contributed by atoms with van der Waals surface area (Å²) in [5.41, 5.74) is 3.19. The molecule has 2 saturated heterocycles. The van der Waals surface area contributed by atoms with Gasteiger partial charge in [-0.15, -0.1) is 0 Å². The Morgan fingerprint density at radius 2 is 2.11 bits per heavy atom.